The average molecular weight is 327 g/mol. The van der Waals surface area contributed by atoms with Gasteiger partial charge in [0.05, 0.1) is 16.3 Å². The Morgan fingerprint density at radius 2 is 1.33 bits per heavy atom. The molecule has 0 heterocycles. The van der Waals surface area contributed by atoms with Crippen LogP contribution in [0.3, 0.4) is 0 Å². The molecule has 2 aromatic carbocycles. The summed E-state index contributed by atoms with van der Waals surface area (Å²) in [5.74, 6) is 0. The van der Waals surface area contributed by atoms with Crippen LogP contribution in [-0.4, -0.2) is 16.8 Å². The Morgan fingerprint density at radius 1 is 0.762 bits per heavy atom. The number of sulfonamides is 1. The summed E-state index contributed by atoms with van der Waals surface area (Å²) in [4.78, 5) is 0.106. The van der Waals surface area contributed by atoms with E-state index in [2.05, 4.69) is 9.44 Å². The molecule has 0 unspecified atom stereocenters. The minimum Gasteiger partial charge on any atom is -0.280 e. The Morgan fingerprint density at radius 3 is 1.90 bits per heavy atom. The molecule has 9 heteroatoms. The quantitative estimate of drug-likeness (QED) is 0.762. The third-order valence-corrected chi connectivity index (χ3v) is 4.35. The van der Waals surface area contributed by atoms with E-state index in [1.54, 1.807) is 18.2 Å². The lowest BCUT2D eigenvalue weighted by molar-refractivity contribution is 0.600. The number of nitrogens with one attached hydrogen (secondary N) is 2. The number of nitrogens with two attached hydrogens (primary N) is 1. The summed E-state index contributed by atoms with van der Waals surface area (Å²) < 4.78 is 50.6. The first-order valence-corrected chi connectivity index (χ1v) is 8.78. The van der Waals surface area contributed by atoms with E-state index < -0.39 is 20.2 Å². The van der Waals surface area contributed by atoms with Gasteiger partial charge in [-0.2, -0.15) is 8.42 Å². The third-order valence-electron chi connectivity index (χ3n) is 2.43. The van der Waals surface area contributed by atoms with Crippen LogP contribution in [-0.2, 0) is 20.2 Å². The molecule has 0 aliphatic rings. The fourth-order valence-corrected chi connectivity index (χ4v) is 3.15. The maximum atomic E-state index is 12.1. The van der Waals surface area contributed by atoms with E-state index in [9.17, 15) is 16.8 Å². The summed E-state index contributed by atoms with van der Waals surface area (Å²) in [6.07, 6.45) is 0. The van der Waals surface area contributed by atoms with Gasteiger partial charge in [0.1, 0.15) is 0 Å². The molecular formula is C12H13N3O4S2. The number of hydrogen-bond donors (Lipinski definition) is 3. The van der Waals surface area contributed by atoms with E-state index in [4.69, 9.17) is 5.14 Å². The maximum absolute atomic E-state index is 12.1. The molecule has 0 saturated carbocycles. The summed E-state index contributed by atoms with van der Waals surface area (Å²) in [7, 11) is -7.65. The van der Waals surface area contributed by atoms with Gasteiger partial charge < -0.3 is 0 Å². The lowest BCUT2D eigenvalue weighted by Crippen LogP contribution is -2.21. The first-order chi connectivity index (χ1) is 9.76. The molecule has 21 heavy (non-hydrogen) atoms. The molecule has 0 radical (unpaired) electrons. The van der Waals surface area contributed by atoms with E-state index in [-0.39, 0.29) is 16.3 Å². The molecule has 0 saturated heterocycles. The van der Waals surface area contributed by atoms with Gasteiger partial charge in [0.15, 0.2) is 0 Å². The standard InChI is InChI=1S/C12H13N3O4S2/c13-21(18,19)15-11-6-4-5-10(9-11)14-20(16,17)12-7-2-1-3-8-12/h1-9,14-15H,(H2,13,18,19). The van der Waals surface area contributed by atoms with E-state index in [1.165, 1.54) is 36.4 Å². The van der Waals surface area contributed by atoms with Crippen molar-refractivity contribution in [2.24, 2.45) is 5.14 Å². The predicted molar refractivity (Wildman–Crippen MR) is 80.4 cm³/mol. The van der Waals surface area contributed by atoms with Crippen LogP contribution in [0.1, 0.15) is 0 Å². The Labute approximate surface area is 123 Å². The van der Waals surface area contributed by atoms with Gasteiger partial charge >= 0.3 is 0 Å². The van der Waals surface area contributed by atoms with Crippen LogP contribution < -0.4 is 14.6 Å². The van der Waals surface area contributed by atoms with Crippen molar-refractivity contribution in [3.8, 4) is 0 Å². The van der Waals surface area contributed by atoms with Crippen LogP contribution in [0.15, 0.2) is 59.5 Å². The van der Waals surface area contributed by atoms with Crippen molar-refractivity contribution >= 4 is 31.6 Å². The molecule has 4 N–H and O–H groups in total. The topological polar surface area (TPSA) is 118 Å². The summed E-state index contributed by atoms with van der Waals surface area (Å²) in [5.41, 5.74) is 0.373. The zero-order chi connectivity index (χ0) is 15.5. The van der Waals surface area contributed by atoms with Crippen molar-refractivity contribution in [1.29, 1.82) is 0 Å². The fourth-order valence-electron chi connectivity index (χ4n) is 1.62. The fraction of sp³-hybridized carbons (Fsp3) is 0. The minimum atomic E-state index is -3.92. The largest absolute Gasteiger partial charge is 0.296 e. The molecule has 2 aromatic rings. The molecule has 0 aromatic heterocycles. The second kappa shape index (κ2) is 5.72. The highest BCUT2D eigenvalue weighted by atomic mass is 32.2. The van der Waals surface area contributed by atoms with Gasteiger partial charge in [-0.25, -0.2) is 13.6 Å². The van der Waals surface area contributed by atoms with Gasteiger partial charge in [0.25, 0.3) is 20.2 Å². The summed E-state index contributed by atoms with van der Waals surface area (Å²) >= 11 is 0. The van der Waals surface area contributed by atoms with E-state index in [0.29, 0.717) is 0 Å². The second-order valence-corrected chi connectivity index (χ2v) is 7.12. The molecule has 0 atom stereocenters. The molecule has 0 spiro atoms. The number of benzene rings is 2. The van der Waals surface area contributed by atoms with Crippen molar-refractivity contribution in [1.82, 2.24) is 0 Å². The highest BCUT2D eigenvalue weighted by Gasteiger charge is 2.13. The number of rotatable bonds is 5. The minimum absolute atomic E-state index is 0.106. The van der Waals surface area contributed by atoms with Crippen LogP contribution in [0.4, 0.5) is 11.4 Å². The Kier molecular flexibility index (Phi) is 4.16. The smallest absolute Gasteiger partial charge is 0.280 e. The highest BCUT2D eigenvalue weighted by Crippen LogP contribution is 2.19. The molecule has 7 nitrogen and oxygen atoms in total. The van der Waals surface area contributed by atoms with Gasteiger partial charge in [-0.1, -0.05) is 24.3 Å². The Bertz CT molecular complexity index is 834. The Hall–Kier alpha value is -2.10. The van der Waals surface area contributed by atoms with Gasteiger partial charge in [0.2, 0.25) is 0 Å². The summed E-state index contributed by atoms with van der Waals surface area (Å²) in [6.45, 7) is 0. The monoisotopic (exact) mass is 327 g/mol. The molecule has 0 amide bonds. The first-order valence-electron chi connectivity index (χ1n) is 5.75. The van der Waals surface area contributed by atoms with Crippen LogP contribution in [0.5, 0.6) is 0 Å². The molecule has 0 bridgehead atoms. The van der Waals surface area contributed by atoms with Crippen LogP contribution >= 0.6 is 0 Å². The van der Waals surface area contributed by atoms with E-state index in [1.807, 2.05) is 0 Å². The van der Waals surface area contributed by atoms with E-state index >= 15 is 0 Å². The highest BCUT2D eigenvalue weighted by molar-refractivity contribution is 7.92. The van der Waals surface area contributed by atoms with Crippen molar-refractivity contribution in [3.05, 3.63) is 54.6 Å². The average Bonchev–Trinajstić information content (AvgIpc) is 2.37. The summed E-state index contributed by atoms with van der Waals surface area (Å²) in [5, 5.41) is 4.86. The summed E-state index contributed by atoms with van der Waals surface area (Å²) in [6, 6.07) is 13.6. The lowest BCUT2D eigenvalue weighted by atomic mass is 10.3. The number of hydrogen-bond acceptors (Lipinski definition) is 4. The normalized spacial score (nSPS) is 11.9. The third kappa shape index (κ3) is 4.45. The van der Waals surface area contributed by atoms with Crippen LogP contribution in [0.2, 0.25) is 0 Å². The van der Waals surface area contributed by atoms with Crippen molar-refractivity contribution in [2.75, 3.05) is 9.44 Å². The maximum Gasteiger partial charge on any atom is 0.296 e. The zero-order valence-electron chi connectivity index (χ0n) is 10.7. The molecular weight excluding hydrogens is 314 g/mol. The zero-order valence-corrected chi connectivity index (χ0v) is 12.4. The second-order valence-electron chi connectivity index (χ2n) is 4.15. The molecule has 0 aliphatic heterocycles. The van der Waals surface area contributed by atoms with Crippen LogP contribution in [0, 0.1) is 0 Å². The van der Waals surface area contributed by atoms with Gasteiger partial charge in [-0.3, -0.25) is 9.44 Å². The van der Waals surface area contributed by atoms with Crippen molar-refractivity contribution in [3.63, 3.8) is 0 Å². The van der Waals surface area contributed by atoms with Gasteiger partial charge in [-0.15, -0.1) is 0 Å². The van der Waals surface area contributed by atoms with Gasteiger partial charge in [0, 0.05) is 0 Å². The molecule has 112 valence electrons. The van der Waals surface area contributed by atoms with Gasteiger partial charge in [-0.05, 0) is 30.3 Å². The molecule has 2 rings (SSSR count). The molecule has 0 aliphatic carbocycles. The first kappa shape index (κ1) is 15.3. The molecule has 0 fully saturated rings. The Balaban J connectivity index is 2.26. The number of anilines is 2. The van der Waals surface area contributed by atoms with Crippen molar-refractivity contribution < 1.29 is 16.8 Å². The van der Waals surface area contributed by atoms with Crippen LogP contribution in [0.25, 0.3) is 0 Å². The predicted octanol–water partition coefficient (Wildman–Crippen LogP) is 1.10. The SMILES string of the molecule is NS(=O)(=O)Nc1cccc(NS(=O)(=O)c2ccccc2)c1. The van der Waals surface area contributed by atoms with E-state index in [0.717, 1.165) is 0 Å². The van der Waals surface area contributed by atoms with Crippen molar-refractivity contribution in [2.45, 2.75) is 4.90 Å². The lowest BCUT2D eigenvalue weighted by Gasteiger charge is -2.10.